The summed E-state index contributed by atoms with van der Waals surface area (Å²) in [4.78, 5) is 12.2. The Bertz CT molecular complexity index is 508. The van der Waals surface area contributed by atoms with Crippen molar-refractivity contribution >= 4 is 5.78 Å². The van der Waals surface area contributed by atoms with Crippen LogP contribution in [0.1, 0.15) is 56.8 Å². The molecule has 1 aliphatic rings. The summed E-state index contributed by atoms with van der Waals surface area (Å²) in [5, 5.41) is 10.2. The molecule has 21 heavy (non-hydrogen) atoms. The maximum atomic E-state index is 12.2. The predicted octanol–water partition coefficient (Wildman–Crippen LogP) is 4.39. The highest BCUT2D eigenvalue weighted by Gasteiger charge is 2.27. The van der Waals surface area contributed by atoms with E-state index in [1.165, 1.54) is 5.57 Å². The Kier molecular flexibility index (Phi) is 5.00. The zero-order valence-corrected chi connectivity index (χ0v) is 13.3. The van der Waals surface area contributed by atoms with Gasteiger partial charge in [0, 0.05) is 12.0 Å². The zero-order chi connectivity index (χ0) is 15.5. The van der Waals surface area contributed by atoms with E-state index in [4.69, 9.17) is 0 Å². The summed E-state index contributed by atoms with van der Waals surface area (Å²) in [6, 6.07) is 9.05. The van der Waals surface area contributed by atoms with Crippen molar-refractivity contribution in [1.29, 1.82) is 0 Å². The van der Waals surface area contributed by atoms with Crippen LogP contribution in [0.5, 0.6) is 0 Å². The molecular formula is C19H26O2. The van der Waals surface area contributed by atoms with E-state index in [0.29, 0.717) is 23.3 Å². The van der Waals surface area contributed by atoms with Crippen molar-refractivity contribution in [3.63, 3.8) is 0 Å². The molecule has 0 fully saturated rings. The van der Waals surface area contributed by atoms with Gasteiger partial charge in [0.25, 0.3) is 0 Å². The van der Waals surface area contributed by atoms with Crippen molar-refractivity contribution in [3.05, 3.63) is 47.5 Å². The number of carbonyl (C=O) groups is 1. The topological polar surface area (TPSA) is 37.3 Å². The molecule has 0 radical (unpaired) electrons. The standard InChI is InChI=1S/C19H26O2/c1-19(2,3)16-11-9-14(10-12-16)13-17(20)18(21)15-7-5-4-6-8-15/h4-9,16-17,20H,10-13H2,1-3H3/t16-,17+/m1/s1. The van der Waals surface area contributed by atoms with Crippen LogP contribution in [0, 0.1) is 11.3 Å². The molecule has 1 N–H and O–H groups in total. The highest BCUT2D eigenvalue weighted by Crippen LogP contribution is 2.38. The Labute approximate surface area is 127 Å². The maximum Gasteiger partial charge on any atom is 0.191 e. The summed E-state index contributed by atoms with van der Waals surface area (Å²) >= 11 is 0. The molecule has 0 saturated heterocycles. The van der Waals surface area contributed by atoms with Gasteiger partial charge in [0.05, 0.1) is 0 Å². The minimum absolute atomic E-state index is 0.172. The minimum atomic E-state index is -0.912. The quantitative estimate of drug-likeness (QED) is 0.658. The van der Waals surface area contributed by atoms with Crippen molar-refractivity contribution in [2.45, 2.75) is 52.6 Å². The normalized spacial score (nSPS) is 20.8. The van der Waals surface area contributed by atoms with Crippen LogP contribution in [0.3, 0.4) is 0 Å². The molecule has 0 unspecified atom stereocenters. The highest BCUT2D eigenvalue weighted by molar-refractivity contribution is 5.99. The van der Waals surface area contributed by atoms with Crippen molar-refractivity contribution in [1.82, 2.24) is 0 Å². The van der Waals surface area contributed by atoms with E-state index in [2.05, 4.69) is 26.8 Å². The first-order chi connectivity index (χ1) is 9.88. The lowest BCUT2D eigenvalue weighted by Gasteiger charge is -2.33. The lowest BCUT2D eigenvalue weighted by Crippen LogP contribution is -2.25. The van der Waals surface area contributed by atoms with Crippen molar-refractivity contribution in [2.24, 2.45) is 11.3 Å². The third-order valence-corrected chi connectivity index (χ3v) is 4.55. The Morgan fingerprint density at radius 2 is 1.95 bits per heavy atom. The van der Waals surface area contributed by atoms with E-state index < -0.39 is 6.10 Å². The van der Waals surface area contributed by atoms with Crippen molar-refractivity contribution in [2.75, 3.05) is 0 Å². The largest absolute Gasteiger partial charge is 0.385 e. The van der Waals surface area contributed by atoms with Gasteiger partial charge in [0.2, 0.25) is 0 Å². The Hall–Kier alpha value is -1.41. The average molecular weight is 286 g/mol. The van der Waals surface area contributed by atoms with Crippen LogP contribution >= 0.6 is 0 Å². The lowest BCUT2D eigenvalue weighted by molar-refractivity contribution is 0.0743. The zero-order valence-electron chi connectivity index (χ0n) is 13.3. The Morgan fingerprint density at radius 3 is 2.48 bits per heavy atom. The second kappa shape index (κ2) is 6.57. The van der Waals surface area contributed by atoms with Gasteiger partial charge in [0.1, 0.15) is 6.10 Å². The molecule has 2 atom stereocenters. The highest BCUT2D eigenvalue weighted by atomic mass is 16.3. The van der Waals surface area contributed by atoms with Gasteiger partial charge in [-0.3, -0.25) is 4.79 Å². The molecule has 2 nitrogen and oxygen atoms in total. The lowest BCUT2D eigenvalue weighted by atomic mass is 9.72. The fourth-order valence-electron chi connectivity index (χ4n) is 3.00. The molecule has 1 aromatic carbocycles. The summed E-state index contributed by atoms with van der Waals surface area (Å²) in [6.45, 7) is 6.85. The molecule has 0 aliphatic heterocycles. The van der Waals surface area contributed by atoms with E-state index in [1.807, 2.05) is 18.2 Å². The van der Waals surface area contributed by atoms with E-state index in [1.54, 1.807) is 12.1 Å². The van der Waals surface area contributed by atoms with Crippen LogP contribution in [-0.4, -0.2) is 17.0 Å². The second-order valence-electron chi connectivity index (χ2n) is 7.15. The van der Waals surface area contributed by atoms with Crippen LogP contribution in [0.2, 0.25) is 0 Å². The smallest absolute Gasteiger partial charge is 0.191 e. The van der Waals surface area contributed by atoms with Gasteiger partial charge in [0.15, 0.2) is 5.78 Å². The molecule has 0 bridgehead atoms. The Balaban J connectivity index is 1.94. The number of ketones is 1. The van der Waals surface area contributed by atoms with Gasteiger partial charge in [-0.1, -0.05) is 62.8 Å². The minimum Gasteiger partial charge on any atom is -0.385 e. The number of hydrogen-bond acceptors (Lipinski definition) is 2. The molecule has 114 valence electrons. The van der Waals surface area contributed by atoms with Crippen LogP contribution in [-0.2, 0) is 0 Å². The van der Waals surface area contributed by atoms with E-state index in [9.17, 15) is 9.90 Å². The molecule has 2 heteroatoms. The monoisotopic (exact) mass is 286 g/mol. The van der Waals surface area contributed by atoms with Gasteiger partial charge < -0.3 is 5.11 Å². The number of aliphatic hydroxyl groups is 1. The summed E-state index contributed by atoms with van der Waals surface area (Å²) in [6.07, 6.45) is 5.02. The van der Waals surface area contributed by atoms with E-state index >= 15 is 0 Å². The van der Waals surface area contributed by atoms with Gasteiger partial charge in [-0.15, -0.1) is 0 Å². The summed E-state index contributed by atoms with van der Waals surface area (Å²) < 4.78 is 0. The van der Waals surface area contributed by atoms with Crippen LogP contribution in [0.15, 0.2) is 42.0 Å². The number of allylic oxidation sites excluding steroid dienone is 1. The van der Waals surface area contributed by atoms with Crippen LogP contribution < -0.4 is 0 Å². The number of rotatable bonds is 4. The van der Waals surface area contributed by atoms with Gasteiger partial charge in [-0.2, -0.15) is 0 Å². The maximum absolute atomic E-state index is 12.2. The predicted molar refractivity (Wildman–Crippen MR) is 86.3 cm³/mol. The first kappa shape index (κ1) is 16.0. The molecule has 2 rings (SSSR count). The summed E-state index contributed by atoms with van der Waals surface area (Å²) in [7, 11) is 0. The van der Waals surface area contributed by atoms with Crippen LogP contribution in [0.25, 0.3) is 0 Å². The van der Waals surface area contributed by atoms with E-state index in [0.717, 1.165) is 19.3 Å². The first-order valence-corrected chi connectivity index (χ1v) is 7.83. The van der Waals surface area contributed by atoms with E-state index in [-0.39, 0.29) is 5.78 Å². The van der Waals surface area contributed by atoms with Crippen molar-refractivity contribution < 1.29 is 9.90 Å². The fourth-order valence-corrected chi connectivity index (χ4v) is 3.00. The molecule has 0 amide bonds. The average Bonchev–Trinajstić information content (AvgIpc) is 2.47. The molecular weight excluding hydrogens is 260 g/mol. The molecule has 0 spiro atoms. The SMILES string of the molecule is CC(C)(C)[C@@H]1CC=C(C[C@H](O)C(=O)c2ccccc2)CC1. The fraction of sp³-hybridized carbons (Fsp3) is 0.526. The first-order valence-electron chi connectivity index (χ1n) is 7.83. The molecule has 1 aromatic rings. The summed E-state index contributed by atoms with van der Waals surface area (Å²) in [5.41, 5.74) is 2.15. The number of aliphatic hydroxyl groups excluding tert-OH is 1. The van der Waals surface area contributed by atoms with Crippen LogP contribution in [0.4, 0.5) is 0 Å². The second-order valence-corrected chi connectivity index (χ2v) is 7.15. The number of hydrogen-bond donors (Lipinski definition) is 1. The molecule has 0 saturated carbocycles. The molecule has 1 aliphatic carbocycles. The van der Waals surface area contributed by atoms with Gasteiger partial charge in [-0.25, -0.2) is 0 Å². The van der Waals surface area contributed by atoms with Crippen molar-refractivity contribution in [3.8, 4) is 0 Å². The summed E-state index contributed by atoms with van der Waals surface area (Å²) in [5.74, 6) is 0.526. The third-order valence-electron chi connectivity index (χ3n) is 4.55. The van der Waals surface area contributed by atoms with Gasteiger partial charge >= 0.3 is 0 Å². The number of carbonyl (C=O) groups excluding carboxylic acids is 1. The molecule has 0 heterocycles. The number of Topliss-reactive ketones (excluding diaryl/α,β-unsaturated/α-hetero) is 1. The number of benzene rings is 1. The third kappa shape index (κ3) is 4.28. The Morgan fingerprint density at radius 1 is 1.29 bits per heavy atom. The van der Waals surface area contributed by atoms with Gasteiger partial charge in [-0.05, 0) is 30.6 Å². The molecule has 0 aromatic heterocycles.